The van der Waals surface area contributed by atoms with Crippen molar-refractivity contribution >= 4 is 5.91 Å². The fraction of sp³-hybridized carbons (Fsp3) is 0.421. The fourth-order valence-electron chi connectivity index (χ4n) is 3.08. The summed E-state index contributed by atoms with van der Waals surface area (Å²) in [6.45, 7) is 0. The van der Waals surface area contributed by atoms with Crippen LogP contribution in [0.3, 0.4) is 0 Å². The maximum atomic E-state index is 12.8. The highest BCUT2D eigenvalue weighted by Crippen LogP contribution is 2.22. The van der Waals surface area contributed by atoms with Crippen LogP contribution in [0.25, 0.3) is 0 Å². The van der Waals surface area contributed by atoms with Crippen molar-refractivity contribution in [3.05, 3.63) is 48.0 Å². The third-order valence-electron chi connectivity index (χ3n) is 4.41. The maximum absolute atomic E-state index is 12.8. The Balaban J connectivity index is 1.43. The number of halogens is 1. The van der Waals surface area contributed by atoms with Crippen LogP contribution in [0, 0.1) is 5.82 Å². The normalized spacial score (nSPS) is 19.6. The molecule has 0 aliphatic heterocycles. The van der Waals surface area contributed by atoms with Crippen LogP contribution in [0.15, 0.2) is 36.7 Å². The summed E-state index contributed by atoms with van der Waals surface area (Å²) in [5.41, 5.74) is 0.923. The number of carbonyl (C=O) groups excluding carboxylic acids is 1. The quantitative estimate of drug-likeness (QED) is 0.858. The predicted octanol–water partition coefficient (Wildman–Crippen LogP) is 2.67. The van der Waals surface area contributed by atoms with E-state index in [0.717, 1.165) is 49.4 Å². The van der Waals surface area contributed by atoms with Crippen molar-refractivity contribution in [1.29, 1.82) is 0 Å². The van der Waals surface area contributed by atoms with Crippen LogP contribution >= 0.6 is 0 Å². The average Bonchev–Trinajstić information content (AvgIpc) is 2.65. The Labute approximate surface area is 151 Å². The van der Waals surface area contributed by atoms with E-state index in [-0.39, 0.29) is 24.1 Å². The van der Waals surface area contributed by atoms with Gasteiger partial charge in [0.2, 0.25) is 5.91 Å². The molecule has 0 bridgehead atoms. The Hall–Kier alpha value is -2.70. The molecule has 0 radical (unpaired) electrons. The Morgan fingerprint density at radius 2 is 1.96 bits per heavy atom. The molecule has 3 rings (SSSR count). The van der Waals surface area contributed by atoms with E-state index in [0.29, 0.717) is 6.42 Å². The van der Waals surface area contributed by atoms with Crippen LogP contribution in [0.1, 0.15) is 31.2 Å². The summed E-state index contributed by atoms with van der Waals surface area (Å²) < 4.78 is 23.7. The first kappa shape index (κ1) is 18.1. The minimum absolute atomic E-state index is 0.00416. The molecule has 0 spiro atoms. The van der Waals surface area contributed by atoms with E-state index in [9.17, 15) is 9.18 Å². The van der Waals surface area contributed by atoms with Crippen molar-refractivity contribution in [2.75, 3.05) is 7.11 Å². The smallest absolute Gasteiger partial charge is 0.316 e. The van der Waals surface area contributed by atoms with Crippen molar-refractivity contribution in [3.8, 4) is 11.8 Å². The molecule has 1 amide bonds. The highest BCUT2D eigenvalue weighted by Gasteiger charge is 2.24. The van der Waals surface area contributed by atoms with E-state index in [1.54, 1.807) is 7.11 Å². The van der Waals surface area contributed by atoms with Gasteiger partial charge in [0.25, 0.3) is 0 Å². The lowest BCUT2D eigenvalue weighted by molar-refractivity contribution is -0.121. The lowest BCUT2D eigenvalue weighted by atomic mass is 9.93. The first-order valence-electron chi connectivity index (χ1n) is 8.69. The molecule has 7 heteroatoms. The molecule has 1 aliphatic rings. The van der Waals surface area contributed by atoms with Gasteiger partial charge in [0.15, 0.2) is 5.82 Å². The van der Waals surface area contributed by atoms with Gasteiger partial charge < -0.3 is 14.8 Å². The molecular weight excluding hydrogens is 337 g/mol. The number of benzene rings is 1. The van der Waals surface area contributed by atoms with Crippen LogP contribution in [0.5, 0.6) is 11.8 Å². The molecule has 6 nitrogen and oxygen atoms in total. The monoisotopic (exact) mass is 359 g/mol. The third-order valence-corrected chi connectivity index (χ3v) is 4.41. The molecular formula is C19H22FN3O3. The number of nitrogens with one attached hydrogen (secondary N) is 1. The van der Waals surface area contributed by atoms with Gasteiger partial charge in [-0.25, -0.2) is 14.4 Å². The maximum Gasteiger partial charge on any atom is 0.316 e. The van der Waals surface area contributed by atoms with E-state index in [4.69, 9.17) is 9.47 Å². The Bertz CT molecular complexity index is 731. The number of methoxy groups -OCH3 is 1. The van der Waals surface area contributed by atoms with E-state index >= 15 is 0 Å². The number of hydrogen-bond acceptors (Lipinski definition) is 5. The topological polar surface area (TPSA) is 73.3 Å². The molecule has 0 unspecified atom stereocenters. The van der Waals surface area contributed by atoms with Gasteiger partial charge >= 0.3 is 6.01 Å². The van der Waals surface area contributed by atoms with Gasteiger partial charge in [0.1, 0.15) is 11.9 Å². The zero-order valence-electron chi connectivity index (χ0n) is 14.7. The number of nitrogens with zero attached hydrogens (tertiary/aromatic N) is 2. The van der Waals surface area contributed by atoms with E-state index < -0.39 is 5.82 Å². The molecule has 26 heavy (non-hydrogen) atoms. The van der Waals surface area contributed by atoms with Gasteiger partial charge in [-0.05, 0) is 43.4 Å². The van der Waals surface area contributed by atoms with Crippen molar-refractivity contribution in [3.63, 3.8) is 0 Å². The Morgan fingerprint density at radius 3 is 2.65 bits per heavy atom. The zero-order chi connectivity index (χ0) is 18.4. The minimum Gasteiger partial charge on any atom is -0.497 e. The molecule has 1 N–H and O–H groups in total. The van der Waals surface area contributed by atoms with E-state index in [1.807, 2.05) is 24.3 Å². The lowest BCUT2D eigenvalue weighted by Gasteiger charge is -2.28. The van der Waals surface area contributed by atoms with Crippen molar-refractivity contribution in [2.45, 2.75) is 44.2 Å². The first-order valence-corrected chi connectivity index (χ1v) is 8.69. The van der Waals surface area contributed by atoms with Crippen molar-refractivity contribution < 1.29 is 18.7 Å². The van der Waals surface area contributed by atoms with Crippen LogP contribution in [-0.2, 0) is 11.2 Å². The lowest BCUT2D eigenvalue weighted by Crippen LogP contribution is -2.40. The SMILES string of the molecule is COc1cccc(CC(=O)NC2CCC(Oc3ncc(F)cn3)CC2)c1. The zero-order valence-corrected chi connectivity index (χ0v) is 14.7. The molecule has 2 aromatic rings. The highest BCUT2D eigenvalue weighted by atomic mass is 19.1. The Kier molecular flexibility index (Phi) is 5.99. The minimum atomic E-state index is -0.486. The van der Waals surface area contributed by atoms with Crippen LogP contribution in [-0.4, -0.2) is 35.1 Å². The molecule has 1 heterocycles. The second-order valence-electron chi connectivity index (χ2n) is 6.37. The fourth-order valence-corrected chi connectivity index (χ4v) is 3.08. The van der Waals surface area contributed by atoms with Gasteiger partial charge in [0, 0.05) is 6.04 Å². The Morgan fingerprint density at radius 1 is 1.23 bits per heavy atom. The summed E-state index contributed by atoms with van der Waals surface area (Å²) in [6, 6.07) is 7.84. The van der Waals surface area contributed by atoms with E-state index in [1.165, 1.54) is 0 Å². The molecule has 0 saturated heterocycles. The standard InChI is InChI=1S/C19H22FN3O3/c1-25-17-4-2-3-13(9-17)10-18(24)23-15-5-7-16(8-6-15)26-19-21-11-14(20)12-22-19/h2-4,9,11-12,15-16H,5-8,10H2,1H3,(H,23,24). The third kappa shape index (κ3) is 5.15. The van der Waals surface area contributed by atoms with Crippen molar-refractivity contribution in [1.82, 2.24) is 15.3 Å². The summed E-state index contributed by atoms with van der Waals surface area (Å²) in [5, 5.41) is 3.08. The second kappa shape index (κ2) is 8.60. The van der Waals surface area contributed by atoms with Gasteiger partial charge in [-0.3, -0.25) is 4.79 Å². The van der Waals surface area contributed by atoms with Crippen LogP contribution < -0.4 is 14.8 Å². The summed E-state index contributed by atoms with van der Waals surface area (Å²) in [7, 11) is 1.61. The molecule has 1 aromatic carbocycles. The molecule has 1 fully saturated rings. The molecule has 138 valence electrons. The van der Waals surface area contributed by atoms with Crippen molar-refractivity contribution in [2.24, 2.45) is 0 Å². The average molecular weight is 359 g/mol. The number of aromatic nitrogens is 2. The summed E-state index contributed by atoms with van der Waals surface area (Å²) in [5.74, 6) is 0.264. The number of amides is 1. The predicted molar refractivity (Wildman–Crippen MR) is 93.5 cm³/mol. The largest absolute Gasteiger partial charge is 0.497 e. The van der Waals surface area contributed by atoms with Crippen LogP contribution in [0.2, 0.25) is 0 Å². The van der Waals surface area contributed by atoms with Gasteiger partial charge in [0.05, 0.1) is 25.9 Å². The number of hydrogen-bond donors (Lipinski definition) is 1. The van der Waals surface area contributed by atoms with Gasteiger partial charge in [-0.1, -0.05) is 12.1 Å². The van der Waals surface area contributed by atoms with E-state index in [2.05, 4.69) is 15.3 Å². The number of carbonyl (C=O) groups is 1. The number of rotatable bonds is 6. The summed E-state index contributed by atoms with van der Waals surface area (Å²) >= 11 is 0. The second-order valence-corrected chi connectivity index (χ2v) is 6.37. The highest BCUT2D eigenvalue weighted by molar-refractivity contribution is 5.79. The van der Waals surface area contributed by atoms with Gasteiger partial charge in [-0.15, -0.1) is 0 Å². The number of ether oxygens (including phenoxy) is 2. The van der Waals surface area contributed by atoms with Gasteiger partial charge in [-0.2, -0.15) is 0 Å². The molecule has 1 aliphatic carbocycles. The molecule has 1 saturated carbocycles. The first-order chi connectivity index (χ1) is 12.6. The summed E-state index contributed by atoms with van der Waals surface area (Å²) in [6.07, 6.45) is 5.75. The summed E-state index contributed by atoms with van der Waals surface area (Å²) in [4.78, 5) is 19.9. The van der Waals surface area contributed by atoms with Crippen LogP contribution in [0.4, 0.5) is 4.39 Å². The molecule has 1 aromatic heterocycles. The molecule has 0 atom stereocenters.